The third-order valence-electron chi connectivity index (χ3n) is 2.51. The molecule has 0 unspecified atom stereocenters. The van der Waals surface area contributed by atoms with Crippen LogP contribution < -0.4 is 5.56 Å². The van der Waals surface area contributed by atoms with Gasteiger partial charge in [0.2, 0.25) is 0 Å². The van der Waals surface area contributed by atoms with Crippen LogP contribution in [-0.2, 0) is 16.1 Å². The predicted octanol–water partition coefficient (Wildman–Crippen LogP) is 1.49. The van der Waals surface area contributed by atoms with Gasteiger partial charge in [0.25, 0.3) is 0 Å². The summed E-state index contributed by atoms with van der Waals surface area (Å²) in [4.78, 5) is 32.9. The minimum atomic E-state index is -0.738. The standard InChI is InChI=1S/C12H16N2O5/c1-2-3-9-19-11(15)6-8-13-7-4-5-10(12(13)16)14(17)18/h4-5,7H,2-3,6,8-9H2,1H3. The fraction of sp³-hybridized carbons (Fsp3) is 0.500. The molecule has 0 aromatic carbocycles. The van der Waals surface area contributed by atoms with Crippen molar-refractivity contribution in [2.75, 3.05) is 6.61 Å². The molecule has 7 nitrogen and oxygen atoms in total. The molecule has 1 rings (SSSR count). The summed E-state index contributed by atoms with van der Waals surface area (Å²) in [7, 11) is 0. The number of esters is 1. The largest absolute Gasteiger partial charge is 0.466 e. The minimum Gasteiger partial charge on any atom is -0.466 e. The number of ether oxygens (including phenoxy) is 1. The number of aromatic nitrogens is 1. The molecule has 0 aliphatic heterocycles. The van der Waals surface area contributed by atoms with Gasteiger partial charge in [-0.15, -0.1) is 0 Å². The number of unbranched alkanes of at least 4 members (excludes halogenated alkanes) is 1. The van der Waals surface area contributed by atoms with Crippen molar-refractivity contribution < 1.29 is 14.5 Å². The number of carbonyl (C=O) groups is 1. The van der Waals surface area contributed by atoms with Crippen LogP contribution in [0.15, 0.2) is 23.1 Å². The highest BCUT2D eigenvalue weighted by Gasteiger charge is 2.14. The first-order chi connectivity index (χ1) is 9.06. The normalized spacial score (nSPS) is 10.2. The number of nitro groups is 1. The van der Waals surface area contributed by atoms with E-state index in [-0.39, 0.29) is 13.0 Å². The quantitative estimate of drug-likeness (QED) is 0.323. The zero-order chi connectivity index (χ0) is 14.3. The SMILES string of the molecule is CCCCOC(=O)CCn1cccc([N+](=O)[O-])c1=O. The van der Waals surface area contributed by atoms with Crippen molar-refractivity contribution in [1.82, 2.24) is 4.57 Å². The fourth-order valence-corrected chi connectivity index (χ4v) is 1.45. The highest BCUT2D eigenvalue weighted by molar-refractivity contribution is 5.69. The Bertz CT molecular complexity index is 509. The lowest BCUT2D eigenvalue weighted by atomic mass is 10.3. The molecule has 1 heterocycles. The average Bonchev–Trinajstić information content (AvgIpc) is 2.37. The third kappa shape index (κ3) is 4.53. The second-order valence-electron chi connectivity index (χ2n) is 3.97. The summed E-state index contributed by atoms with van der Waals surface area (Å²) in [5.41, 5.74) is -1.21. The topological polar surface area (TPSA) is 91.4 Å². The molecule has 104 valence electrons. The van der Waals surface area contributed by atoms with Gasteiger partial charge in [0, 0.05) is 18.8 Å². The number of hydrogen-bond acceptors (Lipinski definition) is 5. The van der Waals surface area contributed by atoms with E-state index in [1.807, 2.05) is 6.92 Å². The number of nitrogens with zero attached hydrogens (tertiary/aromatic N) is 2. The van der Waals surface area contributed by atoms with Crippen molar-refractivity contribution in [3.05, 3.63) is 38.8 Å². The molecule has 19 heavy (non-hydrogen) atoms. The lowest BCUT2D eigenvalue weighted by Crippen LogP contribution is -2.23. The highest BCUT2D eigenvalue weighted by Crippen LogP contribution is 2.02. The van der Waals surface area contributed by atoms with Crippen molar-refractivity contribution in [3.63, 3.8) is 0 Å². The summed E-state index contributed by atoms with van der Waals surface area (Å²) in [6, 6.07) is 2.54. The molecule has 0 aliphatic carbocycles. The number of carbonyl (C=O) groups excluding carboxylic acids is 1. The maximum atomic E-state index is 11.7. The molecule has 1 aromatic rings. The summed E-state index contributed by atoms with van der Waals surface area (Å²) in [5, 5.41) is 10.6. The van der Waals surface area contributed by atoms with Crippen LogP contribution in [0.4, 0.5) is 5.69 Å². The number of rotatable bonds is 7. The van der Waals surface area contributed by atoms with Crippen molar-refractivity contribution in [2.24, 2.45) is 0 Å². The van der Waals surface area contributed by atoms with Gasteiger partial charge in [-0.2, -0.15) is 0 Å². The van der Waals surface area contributed by atoms with Crippen LogP contribution in [0.1, 0.15) is 26.2 Å². The van der Waals surface area contributed by atoms with Crippen LogP contribution >= 0.6 is 0 Å². The summed E-state index contributed by atoms with van der Waals surface area (Å²) < 4.78 is 6.07. The molecular formula is C12H16N2O5. The van der Waals surface area contributed by atoms with Gasteiger partial charge in [-0.25, -0.2) is 0 Å². The Morgan fingerprint density at radius 2 is 2.26 bits per heavy atom. The number of pyridine rings is 1. The molecule has 0 spiro atoms. The Morgan fingerprint density at radius 1 is 1.53 bits per heavy atom. The maximum Gasteiger partial charge on any atom is 0.334 e. The van der Waals surface area contributed by atoms with Crippen molar-refractivity contribution >= 4 is 11.7 Å². The maximum absolute atomic E-state index is 11.7. The van der Waals surface area contributed by atoms with Crippen LogP contribution in [0.5, 0.6) is 0 Å². The van der Waals surface area contributed by atoms with E-state index < -0.39 is 22.1 Å². The van der Waals surface area contributed by atoms with Crippen LogP contribution in [0.25, 0.3) is 0 Å². The lowest BCUT2D eigenvalue weighted by molar-refractivity contribution is -0.386. The van der Waals surface area contributed by atoms with E-state index in [2.05, 4.69) is 0 Å². The van der Waals surface area contributed by atoms with Gasteiger partial charge in [-0.3, -0.25) is 19.7 Å². The van der Waals surface area contributed by atoms with Gasteiger partial charge >= 0.3 is 17.2 Å². The molecule has 0 aliphatic rings. The van der Waals surface area contributed by atoms with Gasteiger partial charge in [0.15, 0.2) is 0 Å². The molecule has 0 atom stereocenters. The second kappa shape index (κ2) is 7.30. The summed E-state index contributed by atoms with van der Waals surface area (Å²) in [6.07, 6.45) is 3.15. The van der Waals surface area contributed by atoms with E-state index in [0.717, 1.165) is 23.5 Å². The summed E-state index contributed by atoms with van der Waals surface area (Å²) >= 11 is 0. The minimum absolute atomic E-state index is 0.0186. The molecular weight excluding hydrogens is 252 g/mol. The Labute approximate surface area is 110 Å². The number of aryl methyl sites for hydroxylation is 1. The Balaban J connectivity index is 2.59. The van der Waals surface area contributed by atoms with E-state index in [0.29, 0.717) is 6.61 Å². The van der Waals surface area contributed by atoms with Gasteiger partial charge in [-0.1, -0.05) is 13.3 Å². The lowest BCUT2D eigenvalue weighted by Gasteiger charge is -2.05. The van der Waals surface area contributed by atoms with Crippen molar-refractivity contribution in [1.29, 1.82) is 0 Å². The van der Waals surface area contributed by atoms with Crippen LogP contribution in [-0.4, -0.2) is 22.1 Å². The molecule has 0 amide bonds. The monoisotopic (exact) mass is 268 g/mol. The Kier molecular flexibility index (Phi) is 5.72. The molecule has 1 aromatic heterocycles. The van der Waals surface area contributed by atoms with Crippen molar-refractivity contribution in [2.45, 2.75) is 32.7 Å². The van der Waals surface area contributed by atoms with E-state index in [1.54, 1.807) is 0 Å². The smallest absolute Gasteiger partial charge is 0.334 e. The average molecular weight is 268 g/mol. The van der Waals surface area contributed by atoms with E-state index >= 15 is 0 Å². The van der Waals surface area contributed by atoms with Crippen LogP contribution in [0, 0.1) is 10.1 Å². The molecule has 0 fully saturated rings. The Hall–Kier alpha value is -2.18. The first-order valence-corrected chi connectivity index (χ1v) is 6.05. The molecule has 0 N–H and O–H groups in total. The summed E-state index contributed by atoms with van der Waals surface area (Å²) in [5.74, 6) is -0.410. The van der Waals surface area contributed by atoms with E-state index in [9.17, 15) is 19.7 Å². The van der Waals surface area contributed by atoms with Crippen molar-refractivity contribution in [3.8, 4) is 0 Å². The zero-order valence-corrected chi connectivity index (χ0v) is 10.7. The van der Waals surface area contributed by atoms with Gasteiger partial charge in [0.1, 0.15) is 0 Å². The first-order valence-electron chi connectivity index (χ1n) is 6.05. The highest BCUT2D eigenvalue weighted by atomic mass is 16.6. The van der Waals surface area contributed by atoms with E-state index in [1.165, 1.54) is 12.3 Å². The first kappa shape index (κ1) is 14.9. The second-order valence-corrected chi connectivity index (χ2v) is 3.97. The number of hydrogen-bond donors (Lipinski definition) is 0. The van der Waals surface area contributed by atoms with E-state index in [4.69, 9.17) is 4.74 Å². The van der Waals surface area contributed by atoms with Gasteiger partial charge in [0.05, 0.1) is 18.0 Å². The Morgan fingerprint density at radius 3 is 2.89 bits per heavy atom. The van der Waals surface area contributed by atoms with Crippen LogP contribution in [0.3, 0.4) is 0 Å². The fourth-order valence-electron chi connectivity index (χ4n) is 1.45. The van der Waals surface area contributed by atoms with Gasteiger partial charge in [-0.05, 0) is 12.5 Å². The molecule has 7 heteroatoms. The molecule has 0 saturated heterocycles. The molecule has 0 radical (unpaired) electrons. The predicted molar refractivity (Wildman–Crippen MR) is 67.8 cm³/mol. The third-order valence-corrected chi connectivity index (χ3v) is 2.51. The molecule has 0 saturated carbocycles. The molecule has 0 bridgehead atoms. The summed E-state index contributed by atoms with van der Waals surface area (Å²) in [6.45, 7) is 2.42. The van der Waals surface area contributed by atoms with Crippen LogP contribution in [0.2, 0.25) is 0 Å². The van der Waals surface area contributed by atoms with Gasteiger partial charge < -0.3 is 9.30 Å². The zero-order valence-electron chi connectivity index (χ0n) is 10.7.